The minimum Gasteiger partial charge on any atom is -0.377 e. The Labute approximate surface area is 145 Å². The van der Waals surface area contributed by atoms with Crippen molar-refractivity contribution in [3.63, 3.8) is 0 Å². The summed E-state index contributed by atoms with van der Waals surface area (Å²) < 4.78 is 5.95. The Kier molecular flexibility index (Phi) is 3.98. The lowest BCUT2D eigenvalue weighted by Crippen LogP contribution is -2.58. The third-order valence-corrected chi connectivity index (χ3v) is 5.05. The lowest BCUT2D eigenvalue weighted by atomic mass is 9.77. The van der Waals surface area contributed by atoms with E-state index in [1.807, 2.05) is 17.3 Å². The predicted molar refractivity (Wildman–Crippen MR) is 89.9 cm³/mol. The molecule has 0 N–H and O–H groups in total. The van der Waals surface area contributed by atoms with Gasteiger partial charge in [-0.05, 0) is 36.2 Å². The Morgan fingerprint density at radius 3 is 2.67 bits per heavy atom. The van der Waals surface area contributed by atoms with Crippen LogP contribution in [0, 0.1) is 5.41 Å². The summed E-state index contributed by atoms with van der Waals surface area (Å²) in [6, 6.07) is 7.06. The Morgan fingerprint density at radius 1 is 1.25 bits per heavy atom. The second-order valence-electron chi connectivity index (χ2n) is 6.76. The maximum atomic E-state index is 12.5. The number of amides is 1. The van der Waals surface area contributed by atoms with Crippen molar-refractivity contribution in [1.29, 1.82) is 0 Å². The lowest BCUT2D eigenvalue weighted by molar-refractivity contribution is -0.00134. The van der Waals surface area contributed by atoms with Crippen molar-refractivity contribution >= 4 is 17.5 Å². The highest BCUT2D eigenvalue weighted by atomic mass is 35.5. The molecule has 3 heterocycles. The lowest BCUT2D eigenvalue weighted by Gasteiger charge is -2.47. The molecule has 1 aromatic carbocycles. The molecular formula is C18H18ClN3O2. The molecule has 5 nitrogen and oxygen atoms in total. The molecule has 24 heavy (non-hydrogen) atoms. The van der Waals surface area contributed by atoms with Crippen LogP contribution in [0.15, 0.2) is 43.0 Å². The van der Waals surface area contributed by atoms with Gasteiger partial charge in [0.05, 0.1) is 12.7 Å². The van der Waals surface area contributed by atoms with Gasteiger partial charge in [0.1, 0.15) is 6.33 Å². The van der Waals surface area contributed by atoms with Crippen molar-refractivity contribution in [3.8, 4) is 0 Å². The van der Waals surface area contributed by atoms with Crippen molar-refractivity contribution in [3.05, 3.63) is 59.1 Å². The van der Waals surface area contributed by atoms with E-state index in [0.717, 1.165) is 38.1 Å². The first-order valence-corrected chi connectivity index (χ1v) is 8.42. The molecule has 0 saturated carbocycles. The van der Waals surface area contributed by atoms with Gasteiger partial charge >= 0.3 is 0 Å². The van der Waals surface area contributed by atoms with E-state index in [9.17, 15) is 4.79 Å². The van der Waals surface area contributed by atoms with Crippen LogP contribution in [0.25, 0.3) is 0 Å². The fourth-order valence-corrected chi connectivity index (χ4v) is 3.75. The van der Waals surface area contributed by atoms with Gasteiger partial charge in [0.15, 0.2) is 0 Å². The number of likely N-dealkylation sites (tertiary alicyclic amines) is 1. The standard InChI is InChI=1S/C18H18ClN3O2/c19-15-3-1-14(2-4-15)17(23)22-9-18(10-22)6-16(24-11-18)5-13-7-20-12-21-8-13/h1-4,7-8,12,16H,5-6,9-11H2. The number of carbonyl (C=O) groups is 1. The van der Waals surface area contributed by atoms with Crippen LogP contribution in [0.4, 0.5) is 0 Å². The number of hydrogen-bond donors (Lipinski definition) is 0. The highest BCUT2D eigenvalue weighted by Crippen LogP contribution is 2.42. The molecule has 124 valence electrons. The SMILES string of the molecule is O=C(c1ccc(Cl)cc1)N1CC2(COC(Cc3cncnc3)C2)C1. The molecule has 6 heteroatoms. The Hall–Kier alpha value is -1.98. The maximum absolute atomic E-state index is 12.5. The van der Waals surface area contributed by atoms with E-state index >= 15 is 0 Å². The minimum absolute atomic E-state index is 0.0669. The normalized spacial score (nSPS) is 21.7. The van der Waals surface area contributed by atoms with Crippen LogP contribution in [0.1, 0.15) is 22.3 Å². The van der Waals surface area contributed by atoms with Crippen LogP contribution in [0.2, 0.25) is 5.02 Å². The van der Waals surface area contributed by atoms with E-state index < -0.39 is 0 Å². The van der Waals surface area contributed by atoms with E-state index in [-0.39, 0.29) is 17.4 Å². The summed E-state index contributed by atoms with van der Waals surface area (Å²) in [4.78, 5) is 22.5. The molecule has 2 aromatic rings. The Morgan fingerprint density at radius 2 is 1.96 bits per heavy atom. The summed E-state index contributed by atoms with van der Waals surface area (Å²) in [5.74, 6) is 0.0669. The van der Waals surface area contributed by atoms with Gasteiger partial charge in [-0.2, -0.15) is 0 Å². The average molecular weight is 344 g/mol. The Bertz CT molecular complexity index is 730. The number of ether oxygens (including phenoxy) is 1. The molecule has 4 rings (SSSR count). The summed E-state index contributed by atoms with van der Waals surface area (Å²) in [6.45, 7) is 2.24. The third kappa shape index (κ3) is 3.01. The molecule has 0 bridgehead atoms. The number of halogens is 1. The van der Waals surface area contributed by atoms with Crippen molar-refractivity contribution in [2.24, 2.45) is 5.41 Å². The summed E-state index contributed by atoms with van der Waals surface area (Å²) in [7, 11) is 0. The van der Waals surface area contributed by atoms with Gasteiger partial charge in [-0.1, -0.05) is 11.6 Å². The van der Waals surface area contributed by atoms with Crippen molar-refractivity contribution in [2.45, 2.75) is 18.9 Å². The number of carbonyl (C=O) groups excluding carboxylic acids is 1. The highest BCUT2D eigenvalue weighted by molar-refractivity contribution is 6.30. The molecule has 1 atom stereocenters. The molecule has 2 aliphatic rings. The Balaban J connectivity index is 1.33. The van der Waals surface area contributed by atoms with Gasteiger partial charge in [-0.25, -0.2) is 9.97 Å². The molecule has 2 fully saturated rings. The van der Waals surface area contributed by atoms with Crippen LogP contribution in [0.5, 0.6) is 0 Å². The largest absolute Gasteiger partial charge is 0.377 e. The first-order chi connectivity index (χ1) is 11.6. The third-order valence-electron chi connectivity index (χ3n) is 4.79. The molecule has 2 saturated heterocycles. The van der Waals surface area contributed by atoms with Crippen LogP contribution in [0.3, 0.4) is 0 Å². The topological polar surface area (TPSA) is 55.3 Å². The molecule has 1 unspecified atom stereocenters. The van der Waals surface area contributed by atoms with Crippen LogP contribution < -0.4 is 0 Å². The van der Waals surface area contributed by atoms with Gasteiger partial charge in [0.25, 0.3) is 5.91 Å². The molecule has 0 radical (unpaired) electrons. The number of nitrogens with zero attached hydrogens (tertiary/aromatic N) is 3. The summed E-state index contributed by atoms with van der Waals surface area (Å²) >= 11 is 5.87. The quantitative estimate of drug-likeness (QED) is 0.859. The molecule has 0 aliphatic carbocycles. The fraction of sp³-hybridized carbons (Fsp3) is 0.389. The summed E-state index contributed by atoms with van der Waals surface area (Å²) in [6.07, 6.45) is 7.19. The van der Waals surface area contributed by atoms with Gasteiger partial charge < -0.3 is 9.64 Å². The van der Waals surface area contributed by atoms with Crippen LogP contribution >= 0.6 is 11.6 Å². The van der Waals surface area contributed by atoms with Gasteiger partial charge in [0.2, 0.25) is 0 Å². The zero-order valence-corrected chi connectivity index (χ0v) is 13.9. The second-order valence-corrected chi connectivity index (χ2v) is 7.19. The smallest absolute Gasteiger partial charge is 0.253 e. The van der Waals surface area contributed by atoms with Gasteiger partial charge in [-0.3, -0.25) is 4.79 Å². The first-order valence-electron chi connectivity index (χ1n) is 8.04. The highest BCUT2D eigenvalue weighted by Gasteiger charge is 2.50. The number of aromatic nitrogens is 2. The molecule has 1 amide bonds. The number of hydrogen-bond acceptors (Lipinski definition) is 4. The van der Waals surface area contributed by atoms with Crippen LogP contribution in [-0.2, 0) is 11.2 Å². The summed E-state index contributed by atoms with van der Waals surface area (Å²) in [5.41, 5.74) is 1.89. The predicted octanol–water partition coefficient (Wildman–Crippen LogP) is 2.60. The zero-order chi connectivity index (χ0) is 16.6. The minimum atomic E-state index is 0.0669. The van der Waals surface area contributed by atoms with E-state index in [4.69, 9.17) is 16.3 Å². The maximum Gasteiger partial charge on any atom is 0.253 e. The summed E-state index contributed by atoms with van der Waals surface area (Å²) in [5, 5.41) is 0.642. The average Bonchev–Trinajstić information content (AvgIpc) is 2.99. The first kappa shape index (κ1) is 15.5. The van der Waals surface area contributed by atoms with Crippen molar-refractivity contribution in [2.75, 3.05) is 19.7 Å². The molecule has 1 spiro atoms. The van der Waals surface area contributed by atoms with E-state index in [1.54, 1.807) is 24.3 Å². The van der Waals surface area contributed by atoms with Gasteiger partial charge in [0, 0.05) is 47.9 Å². The van der Waals surface area contributed by atoms with Crippen LogP contribution in [-0.4, -0.2) is 46.6 Å². The second kappa shape index (κ2) is 6.15. The zero-order valence-electron chi connectivity index (χ0n) is 13.2. The molecule has 2 aliphatic heterocycles. The molecule has 1 aromatic heterocycles. The van der Waals surface area contributed by atoms with Crippen molar-refractivity contribution in [1.82, 2.24) is 14.9 Å². The molecular weight excluding hydrogens is 326 g/mol. The number of benzene rings is 1. The monoisotopic (exact) mass is 343 g/mol. The van der Waals surface area contributed by atoms with Gasteiger partial charge in [-0.15, -0.1) is 0 Å². The fourth-order valence-electron chi connectivity index (χ4n) is 3.63. The number of rotatable bonds is 3. The van der Waals surface area contributed by atoms with Crippen molar-refractivity contribution < 1.29 is 9.53 Å². The van der Waals surface area contributed by atoms with E-state index in [0.29, 0.717) is 10.6 Å². The van der Waals surface area contributed by atoms with E-state index in [2.05, 4.69) is 9.97 Å². The van der Waals surface area contributed by atoms with E-state index in [1.165, 1.54) is 6.33 Å².